The molecule has 1 amide bonds. The predicted molar refractivity (Wildman–Crippen MR) is 83.9 cm³/mol. The molecule has 2 aromatic rings. The summed E-state index contributed by atoms with van der Waals surface area (Å²) in [7, 11) is 0. The summed E-state index contributed by atoms with van der Waals surface area (Å²) in [5.74, 6) is 0.117. The van der Waals surface area contributed by atoms with Crippen molar-refractivity contribution in [3.63, 3.8) is 0 Å². The summed E-state index contributed by atoms with van der Waals surface area (Å²) in [6, 6.07) is 9.29. The number of carbonyl (C=O) groups is 1. The molecule has 23 heavy (non-hydrogen) atoms. The Labute approximate surface area is 134 Å². The van der Waals surface area contributed by atoms with E-state index in [-0.39, 0.29) is 11.9 Å². The molecule has 1 saturated heterocycles. The van der Waals surface area contributed by atoms with Crippen molar-refractivity contribution < 1.29 is 4.79 Å². The van der Waals surface area contributed by atoms with Crippen LogP contribution < -0.4 is 5.32 Å². The standard InChI is InChI=1S/C17H17N5O/c18-7-13-1-3-14(4-2-13)11-22-6-5-16(17(22)23)21-10-15-8-19-12-20-9-15/h1-4,8-9,12,16,21H,5-6,10-11H2/t16-/m0/s1. The van der Waals surface area contributed by atoms with E-state index in [9.17, 15) is 4.79 Å². The largest absolute Gasteiger partial charge is 0.337 e. The van der Waals surface area contributed by atoms with Crippen LogP contribution in [0.25, 0.3) is 0 Å². The second-order valence-electron chi connectivity index (χ2n) is 5.54. The Morgan fingerprint density at radius 1 is 1.22 bits per heavy atom. The first-order chi connectivity index (χ1) is 11.3. The van der Waals surface area contributed by atoms with E-state index in [4.69, 9.17) is 5.26 Å². The Balaban J connectivity index is 1.55. The molecule has 0 saturated carbocycles. The maximum absolute atomic E-state index is 12.4. The van der Waals surface area contributed by atoms with E-state index < -0.39 is 0 Å². The number of nitrogens with zero attached hydrogens (tertiary/aromatic N) is 4. The molecule has 6 heteroatoms. The van der Waals surface area contributed by atoms with Crippen molar-refractivity contribution in [2.45, 2.75) is 25.6 Å². The first kappa shape index (κ1) is 15.1. The van der Waals surface area contributed by atoms with Crippen molar-refractivity contribution in [1.29, 1.82) is 5.26 Å². The summed E-state index contributed by atoms with van der Waals surface area (Å²) in [5.41, 5.74) is 2.63. The van der Waals surface area contributed by atoms with E-state index >= 15 is 0 Å². The second-order valence-corrected chi connectivity index (χ2v) is 5.54. The van der Waals surface area contributed by atoms with Gasteiger partial charge in [-0.05, 0) is 24.1 Å². The normalized spacial score (nSPS) is 17.3. The lowest BCUT2D eigenvalue weighted by atomic mass is 10.1. The highest BCUT2D eigenvalue weighted by atomic mass is 16.2. The molecule has 1 atom stereocenters. The third-order valence-corrected chi connectivity index (χ3v) is 3.92. The lowest BCUT2D eigenvalue weighted by Gasteiger charge is -2.17. The molecule has 0 bridgehead atoms. The smallest absolute Gasteiger partial charge is 0.240 e. The lowest BCUT2D eigenvalue weighted by Crippen LogP contribution is -2.37. The van der Waals surface area contributed by atoms with E-state index in [0.717, 1.165) is 24.1 Å². The van der Waals surface area contributed by atoms with Gasteiger partial charge in [0.15, 0.2) is 0 Å². The van der Waals surface area contributed by atoms with Crippen molar-refractivity contribution in [2.24, 2.45) is 0 Å². The molecule has 1 aliphatic heterocycles. The number of benzene rings is 1. The topological polar surface area (TPSA) is 81.9 Å². The summed E-state index contributed by atoms with van der Waals surface area (Å²) in [4.78, 5) is 22.2. The third kappa shape index (κ3) is 3.71. The number of aromatic nitrogens is 2. The minimum atomic E-state index is -0.159. The van der Waals surface area contributed by atoms with Gasteiger partial charge in [-0.1, -0.05) is 12.1 Å². The van der Waals surface area contributed by atoms with Crippen LogP contribution in [0.3, 0.4) is 0 Å². The molecule has 1 aromatic carbocycles. The Kier molecular flexibility index (Phi) is 4.60. The van der Waals surface area contributed by atoms with Crippen LogP contribution in [-0.2, 0) is 17.9 Å². The Morgan fingerprint density at radius 2 is 1.96 bits per heavy atom. The van der Waals surface area contributed by atoms with Gasteiger partial charge in [-0.3, -0.25) is 4.79 Å². The van der Waals surface area contributed by atoms with Crippen molar-refractivity contribution in [2.75, 3.05) is 6.54 Å². The van der Waals surface area contributed by atoms with Crippen LogP contribution in [0.4, 0.5) is 0 Å². The maximum atomic E-state index is 12.4. The van der Waals surface area contributed by atoms with Gasteiger partial charge < -0.3 is 10.2 Å². The van der Waals surface area contributed by atoms with Crippen molar-refractivity contribution in [3.05, 3.63) is 59.7 Å². The van der Waals surface area contributed by atoms with E-state index in [0.29, 0.717) is 18.7 Å². The van der Waals surface area contributed by atoms with Gasteiger partial charge >= 0.3 is 0 Å². The summed E-state index contributed by atoms with van der Waals surface area (Å²) in [6.07, 6.45) is 5.77. The van der Waals surface area contributed by atoms with Crippen LogP contribution in [0.2, 0.25) is 0 Å². The van der Waals surface area contributed by atoms with Gasteiger partial charge in [0.25, 0.3) is 0 Å². The van der Waals surface area contributed by atoms with Crippen LogP contribution in [0.5, 0.6) is 0 Å². The van der Waals surface area contributed by atoms with Crippen LogP contribution in [-0.4, -0.2) is 33.4 Å². The van der Waals surface area contributed by atoms with E-state index in [1.807, 2.05) is 17.0 Å². The number of nitriles is 1. The Morgan fingerprint density at radius 3 is 2.65 bits per heavy atom. The highest BCUT2D eigenvalue weighted by Crippen LogP contribution is 2.16. The number of likely N-dealkylation sites (tertiary alicyclic amines) is 1. The first-order valence-corrected chi connectivity index (χ1v) is 7.51. The van der Waals surface area contributed by atoms with Gasteiger partial charge in [0, 0.05) is 37.6 Å². The fourth-order valence-electron chi connectivity index (χ4n) is 2.65. The molecule has 1 aliphatic rings. The Bertz CT molecular complexity index is 708. The molecular formula is C17H17N5O. The SMILES string of the molecule is N#Cc1ccc(CN2CC[C@H](NCc3cncnc3)C2=O)cc1. The molecule has 0 unspecified atom stereocenters. The summed E-state index contributed by atoms with van der Waals surface area (Å²) >= 11 is 0. The van der Waals surface area contributed by atoms with E-state index in [2.05, 4.69) is 21.4 Å². The van der Waals surface area contributed by atoms with E-state index in [1.165, 1.54) is 6.33 Å². The van der Waals surface area contributed by atoms with Crippen molar-refractivity contribution in [3.8, 4) is 6.07 Å². The summed E-state index contributed by atoms with van der Waals surface area (Å²) in [5, 5.41) is 12.1. The minimum Gasteiger partial charge on any atom is -0.337 e. The monoisotopic (exact) mass is 307 g/mol. The highest BCUT2D eigenvalue weighted by Gasteiger charge is 2.30. The summed E-state index contributed by atoms with van der Waals surface area (Å²) < 4.78 is 0. The number of amides is 1. The number of hydrogen-bond donors (Lipinski definition) is 1. The van der Waals surface area contributed by atoms with Gasteiger partial charge in [0.1, 0.15) is 6.33 Å². The van der Waals surface area contributed by atoms with Crippen LogP contribution in [0.1, 0.15) is 23.1 Å². The average molecular weight is 307 g/mol. The van der Waals surface area contributed by atoms with Crippen molar-refractivity contribution in [1.82, 2.24) is 20.2 Å². The lowest BCUT2D eigenvalue weighted by molar-refractivity contribution is -0.129. The summed E-state index contributed by atoms with van der Waals surface area (Å²) in [6.45, 7) is 1.90. The van der Waals surface area contributed by atoms with Crippen LogP contribution in [0, 0.1) is 11.3 Å². The van der Waals surface area contributed by atoms with Gasteiger partial charge in [0.05, 0.1) is 17.7 Å². The minimum absolute atomic E-state index is 0.117. The Hall–Kier alpha value is -2.78. The number of carbonyl (C=O) groups excluding carboxylic acids is 1. The molecule has 116 valence electrons. The van der Waals surface area contributed by atoms with Crippen LogP contribution in [0.15, 0.2) is 43.0 Å². The van der Waals surface area contributed by atoms with Gasteiger partial charge in [0.2, 0.25) is 5.91 Å². The zero-order valence-corrected chi connectivity index (χ0v) is 12.6. The fourth-order valence-corrected chi connectivity index (χ4v) is 2.65. The number of rotatable bonds is 5. The first-order valence-electron chi connectivity index (χ1n) is 7.51. The number of nitrogens with one attached hydrogen (secondary N) is 1. The molecule has 1 fully saturated rings. The molecule has 1 N–H and O–H groups in total. The molecule has 1 aromatic heterocycles. The second kappa shape index (κ2) is 6.99. The van der Waals surface area contributed by atoms with Crippen LogP contribution >= 0.6 is 0 Å². The average Bonchev–Trinajstić information content (AvgIpc) is 2.95. The van der Waals surface area contributed by atoms with Gasteiger partial charge in [-0.25, -0.2) is 9.97 Å². The van der Waals surface area contributed by atoms with Gasteiger partial charge in [-0.2, -0.15) is 5.26 Å². The molecule has 3 rings (SSSR count). The van der Waals surface area contributed by atoms with Gasteiger partial charge in [-0.15, -0.1) is 0 Å². The molecule has 0 aliphatic carbocycles. The molecular weight excluding hydrogens is 290 g/mol. The number of hydrogen-bond acceptors (Lipinski definition) is 5. The molecule has 6 nitrogen and oxygen atoms in total. The molecule has 0 radical (unpaired) electrons. The molecule has 2 heterocycles. The fraction of sp³-hybridized carbons (Fsp3) is 0.294. The van der Waals surface area contributed by atoms with E-state index in [1.54, 1.807) is 24.5 Å². The predicted octanol–water partition coefficient (Wildman–Crippen LogP) is 1.24. The quantitative estimate of drug-likeness (QED) is 0.898. The maximum Gasteiger partial charge on any atom is 0.240 e. The third-order valence-electron chi connectivity index (χ3n) is 3.92. The van der Waals surface area contributed by atoms with Crippen molar-refractivity contribution >= 4 is 5.91 Å². The highest BCUT2D eigenvalue weighted by molar-refractivity contribution is 5.83. The zero-order valence-electron chi connectivity index (χ0n) is 12.6. The molecule has 0 spiro atoms. The zero-order chi connectivity index (χ0) is 16.1.